The predicted octanol–water partition coefficient (Wildman–Crippen LogP) is 3.46. The van der Waals surface area contributed by atoms with E-state index in [9.17, 15) is 18.0 Å². The second-order valence-electron chi connectivity index (χ2n) is 4.91. The maximum atomic E-state index is 12.2. The molecule has 0 saturated carbocycles. The molecule has 0 unspecified atom stereocenters. The van der Waals surface area contributed by atoms with Crippen LogP contribution in [0.5, 0.6) is 5.75 Å². The number of nitrogens with zero attached hydrogens (tertiary/aromatic N) is 3. The van der Waals surface area contributed by atoms with Crippen molar-refractivity contribution in [1.82, 2.24) is 14.2 Å². The molecule has 0 aliphatic rings. The first kappa shape index (κ1) is 16.6. The maximum absolute atomic E-state index is 12.2. The standard InChI is InChI=1S/C15H11BrF3N3O2/c16-7-8-22-14(23)21-9-11(3-6-13(21)20-22)10-1-4-12(5-2-10)24-15(17,18)19/h1-6,9H,7-8H2. The minimum atomic E-state index is -4.72. The summed E-state index contributed by atoms with van der Waals surface area (Å²) in [6.07, 6.45) is -3.12. The van der Waals surface area contributed by atoms with Gasteiger partial charge in [-0.3, -0.25) is 0 Å². The Morgan fingerprint density at radius 2 is 1.75 bits per heavy atom. The molecule has 2 heterocycles. The van der Waals surface area contributed by atoms with Crippen LogP contribution in [0.2, 0.25) is 0 Å². The predicted molar refractivity (Wildman–Crippen MR) is 85.4 cm³/mol. The maximum Gasteiger partial charge on any atom is 0.573 e. The van der Waals surface area contributed by atoms with Crippen LogP contribution in [0.4, 0.5) is 13.2 Å². The van der Waals surface area contributed by atoms with Crippen molar-refractivity contribution in [2.45, 2.75) is 12.9 Å². The van der Waals surface area contributed by atoms with Gasteiger partial charge in [-0.25, -0.2) is 13.9 Å². The topological polar surface area (TPSA) is 48.5 Å². The summed E-state index contributed by atoms with van der Waals surface area (Å²) >= 11 is 3.26. The van der Waals surface area contributed by atoms with Crippen molar-refractivity contribution < 1.29 is 17.9 Å². The Hall–Kier alpha value is -2.29. The van der Waals surface area contributed by atoms with E-state index in [-0.39, 0.29) is 11.4 Å². The first-order valence-corrected chi connectivity index (χ1v) is 8.01. The molecule has 9 heteroatoms. The van der Waals surface area contributed by atoms with E-state index in [1.807, 2.05) is 0 Å². The lowest BCUT2D eigenvalue weighted by Crippen LogP contribution is -2.21. The second-order valence-corrected chi connectivity index (χ2v) is 5.71. The minimum Gasteiger partial charge on any atom is -0.406 e. The second kappa shape index (κ2) is 6.31. The van der Waals surface area contributed by atoms with Crippen LogP contribution in [-0.2, 0) is 6.54 Å². The largest absolute Gasteiger partial charge is 0.573 e. The SMILES string of the molecule is O=c1n(CCBr)nc2ccc(-c3ccc(OC(F)(F)F)cc3)cn12. The number of ether oxygens (including phenoxy) is 1. The van der Waals surface area contributed by atoms with Crippen LogP contribution in [-0.4, -0.2) is 25.9 Å². The third kappa shape index (κ3) is 3.45. The number of rotatable bonds is 4. The molecule has 0 aliphatic carbocycles. The van der Waals surface area contributed by atoms with Gasteiger partial charge in [0.1, 0.15) is 5.75 Å². The van der Waals surface area contributed by atoms with Gasteiger partial charge in [-0.05, 0) is 35.4 Å². The van der Waals surface area contributed by atoms with Gasteiger partial charge in [-0.15, -0.1) is 18.3 Å². The van der Waals surface area contributed by atoms with Gasteiger partial charge in [-0.1, -0.05) is 28.1 Å². The van der Waals surface area contributed by atoms with Gasteiger partial charge in [0.25, 0.3) is 0 Å². The number of hydrogen-bond donors (Lipinski definition) is 0. The number of pyridine rings is 1. The first-order chi connectivity index (χ1) is 11.4. The highest BCUT2D eigenvalue weighted by atomic mass is 79.9. The van der Waals surface area contributed by atoms with Crippen molar-refractivity contribution in [2.24, 2.45) is 0 Å². The van der Waals surface area contributed by atoms with Crippen molar-refractivity contribution in [3.8, 4) is 16.9 Å². The van der Waals surface area contributed by atoms with Crippen LogP contribution < -0.4 is 10.4 Å². The van der Waals surface area contributed by atoms with Crippen LogP contribution >= 0.6 is 15.9 Å². The van der Waals surface area contributed by atoms with E-state index >= 15 is 0 Å². The molecule has 0 aliphatic heterocycles. The van der Waals surface area contributed by atoms with Crippen LogP contribution in [0.3, 0.4) is 0 Å². The van der Waals surface area contributed by atoms with Crippen LogP contribution in [0.25, 0.3) is 16.8 Å². The molecule has 0 amide bonds. The van der Waals surface area contributed by atoms with E-state index in [0.717, 1.165) is 0 Å². The third-order valence-corrected chi connectivity index (χ3v) is 3.65. The molecule has 24 heavy (non-hydrogen) atoms. The molecule has 0 bridgehead atoms. The molecule has 126 valence electrons. The normalized spacial score (nSPS) is 11.8. The summed E-state index contributed by atoms with van der Waals surface area (Å²) in [5.41, 5.74) is 1.57. The molecule has 2 aromatic heterocycles. The van der Waals surface area contributed by atoms with Gasteiger partial charge < -0.3 is 4.74 Å². The molecule has 0 atom stereocenters. The monoisotopic (exact) mass is 401 g/mol. The average Bonchev–Trinajstić information content (AvgIpc) is 2.83. The highest BCUT2D eigenvalue weighted by molar-refractivity contribution is 9.09. The van der Waals surface area contributed by atoms with Gasteiger partial charge in [-0.2, -0.15) is 0 Å². The zero-order valence-corrected chi connectivity index (χ0v) is 13.7. The van der Waals surface area contributed by atoms with Gasteiger partial charge in [0, 0.05) is 11.5 Å². The number of aryl methyl sites for hydroxylation is 1. The summed E-state index contributed by atoms with van der Waals surface area (Å²) in [6, 6.07) is 8.88. The Bertz CT molecular complexity index is 916. The Kier molecular flexibility index (Phi) is 4.35. The Morgan fingerprint density at radius 1 is 1.08 bits per heavy atom. The molecule has 3 rings (SSSR count). The van der Waals surface area contributed by atoms with E-state index in [4.69, 9.17) is 0 Å². The molecule has 0 fully saturated rings. The average molecular weight is 402 g/mol. The summed E-state index contributed by atoms with van der Waals surface area (Å²) < 4.78 is 43.1. The molecular weight excluding hydrogens is 391 g/mol. The van der Waals surface area contributed by atoms with E-state index in [0.29, 0.717) is 28.6 Å². The highest BCUT2D eigenvalue weighted by Gasteiger charge is 2.30. The van der Waals surface area contributed by atoms with E-state index in [1.54, 1.807) is 18.3 Å². The first-order valence-electron chi connectivity index (χ1n) is 6.89. The lowest BCUT2D eigenvalue weighted by Gasteiger charge is -2.09. The number of aromatic nitrogens is 3. The number of hydrogen-bond acceptors (Lipinski definition) is 3. The Balaban J connectivity index is 1.94. The quantitative estimate of drug-likeness (QED) is 0.629. The van der Waals surface area contributed by atoms with E-state index < -0.39 is 6.36 Å². The van der Waals surface area contributed by atoms with Gasteiger partial charge >= 0.3 is 12.1 Å². The Morgan fingerprint density at radius 3 is 2.38 bits per heavy atom. The van der Waals surface area contributed by atoms with Crippen molar-refractivity contribution >= 4 is 21.6 Å². The molecule has 5 nitrogen and oxygen atoms in total. The molecule has 3 aromatic rings. The molecule has 0 saturated heterocycles. The molecule has 0 N–H and O–H groups in total. The van der Waals surface area contributed by atoms with Crippen molar-refractivity contribution in [2.75, 3.05) is 5.33 Å². The van der Waals surface area contributed by atoms with Crippen LogP contribution in [0.15, 0.2) is 47.4 Å². The van der Waals surface area contributed by atoms with E-state index in [2.05, 4.69) is 25.8 Å². The zero-order valence-electron chi connectivity index (χ0n) is 12.1. The smallest absolute Gasteiger partial charge is 0.406 e. The van der Waals surface area contributed by atoms with Crippen molar-refractivity contribution in [1.29, 1.82) is 0 Å². The van der Waals surface area contributed by atoms with Crippen molar-refractivity contribution in [3.63, 3.8) is 0 Å². The summed E-state index contributed by atoms with van der Waals surface area (Å²) in [5.74, 6) is -0.297. The van der Waals surface area contributed by atoms with Crippen LogP contribution in [0, 0.1) is 0 Å². The molecule has 1 aromatic carbocycles. The van der Waals surface area contributed by atoms with Gasteiger partial charge in [0.15, 0.2) is 5.65 Å². The molecule has 0 radical (unpaired) electrons. The number of fused-ring (bicyclic) bond motifs is 1. The van der Waals surface area contributed by atoms with Gasteiger partial charge in [0.2, 0.25) is 0 Å². The van der Waals surface area contributed by atoms with Gasteiger partial charge in [0.05, 0.1) is 6.54 Å². The summed E-state index contributed by atoms with van der Waals surface area (Å²) in [4.78, 5) is 12.2. The summed E-state index contributed by atoms with van der Waals surface area (Å²) in [7, 11) is 0. The van der Waals surface area contributed by atoms with Crippen LogP contribution in [0.1, 0.15) is 0 Å². The minimum absolute atomic E-state index is 0.275. The number of benzene rings is 1. The molecular formula is C15H11BrF3N3O2. The Labute approximate surface area is 142 Å². The highest BCUT2D eigenvalue weighted by Crippen LogP contribution is 2.26. The zero-order chi connectivity index (χ0) is 17.3. The third-order valence-electron chi connectivity index (χ3n) is 3.29. The lowest BCUT2D eigenvalue weighted by molar-refractivity contribution is -0.274. The lowest BCUT2D eigenvalue weighted by atomic mass is 10.1. The fourth-order valence-electron chi connectivity index (χ4n) is 2.26. The summed E-state index contributed by atoms with van der Waals surface area (Å²) in [6.45, 7) is 0.444. The fraction of sp³-hybridized carbons (Fsp3) is 0.200. The fourth-order valence-corrected chi connectivity index (χ4v) is 2.60. The summed E-state index contributed by atoms with van der Waals surface area (Å²) in [5, 5.41) is 4.78. The molecule has 0 spiro atoms. The van der Waals surface area contributed by atoms with Crippen molar-refractivity contribution in [3.05, 3.63) is 53.1 Å². The number of halogens is 4. The van der Waals surface area contributed by atoms with E-state index in [1.165, 1.54) is 33.3 Å². The number of alkyl halides is 4.